The van der Waals surface area contributed by atoms with Gasteiger partial charge >= 0.3 is 0 Å². The molecule has 0 nitrogen and oxygen atoms in total. The summed E-state index contributed by atoms with van der Waals surface area (Å²) in [5.41, 5.74) is 1.50. The van der Waals surface area contributed by atoms with Crippen LogP contribution in [0.25, 0.3) is 10.1 Å². The Morgan fingerprint density at radius 1 is 1.13 bits per heavy atom. The lowest BCUT2D eigenvalue weighted by Gasteiger charge is -2.14. The molecule has 0 fully saturated rings. The van der Waals surface area contributed by atoms with E-state index in [1.807, 2.05) is 17.4 Å². The summed E-state index contributed by atoms with van der Waals surface area (Å²) >= 11 is 7.93. The fourth-order valence-corrected chi connectivity index (χ4v) is 3.10. The smallest absolute Gasteiger partial charge is 0.0415 e. The predicted molar refractivity (Wildman–Crippen MR) is 70.3 cm³/mol. The van der Waals surface area contributed by atoms with E-state index in [1.165, 1.54) is 20.5 Å². The highest BCUT2D eigenvalue weighted by atomic mass is 35.5. The third-order valence-corrected chi connectivity index (χ3v) is 4.44. The molecule has 1 aromatic carbocycles. The summed E-state index contributed by atoms with van der Waals surface area (Å²) in [6.07, 6.45) is 0. The monoisotopic (exact) mass is 238 g/mol. The maximum absolute atomic E-state index is 6.05. The Hall–Kier alpha value is -0.530. The van der Waals surface area contributed by atoms with E-state index >= 15 is 0 Å². The lowest BCUT2D eigenvalue weighted by atomic mass is 9.94. The van der Waals surface area contributed by atoms with Gasteiger partial charge in [0.2, 0.25) is 0 Å². The summed E-state index contributed by atoms with van der Waals surface area (Å²) in [7, 11) is 0. The first-order valence-corrected chi connectivity index (χ1v) is 6.27. The van der Waals surface area contributed by atoms with E-state index in [1.54, 1.807) is 0 Å². The van der Waals surface area contributed by atoms with Crippen LogP contribution in [0.15, 0.2) is 18.2 Å². The Kier molecular flexibility index (Phi) is 2.56. The zero-order chi connectivity index (χ0) is 11.2. The van der Waals surface area contributed by atoms with Gasteiger partial charge in [-0.15, -0.1) is 11.3 Å². The minimum atomic E-state index is 0.225. The molecule has 0 unspecified atom stereocenters. The summed E-state index contributed by atoms with van der Waals surface area (Å²) in [6, 6.07) is 6.35. The molecule has 2 rings (SSSR count). The first-order valence-electron chi connectivity index (χ1n) is 5.08. The average Bonchev–Trinajstić information content (AvgIpc) is 2.46. The van der Waals surface area contributed by atoms with Crippen molar-refractivity contribution in [3.05, 3.63) is 33.7 Å². The number of hydrogen-bond donors (Lipinski definition) is 0. The Morgan fingerprint density at radius 3 is 2.40 bits per heavy atom. The quantitative estimate of drug-likeness (QED) is 0.595. The van der Waals surface area contributed by atoms with Crippen LogP contribution in [0.1, 0.15) is 31.2 Å². The molecule has 15 heavy (non-hydrogen) atoms. The molecule has 80 valence electrons. The average molecular weight is 239 g/mol. The molecule has 0 amide bonds. The van der Waals surface area contributed by atoms with Gasteiger partial charge < -0.3 is 0 Å². The molecule has 2 aromatic rings. The van der Waals surface area contributed by atoms with Crippen LogP contribution >= 0.6 is 22.9 Å². The zero-order valence-electron chi connectivity index (χ0n) is 9.52. The number of hydrogen-bond acceptors (Lipinski definition) is 1. The van der Waals surface area contributed by atoms with E-state index in [0.29, 0.717) is 0 Å². The molecule has 2 heteroatoms. The first-order chi connectivity index (χ1) is 6.88. The van der Waals surface area contributed by atoms with Gasteiger partial charge in [0.15, 0.2) is 0 Å². The van der Waals surface area contributed by atoms with E-state index in [9.17, 15) is 0 Å². The van der Waals surface area contributed by atoms with Crippen LogP contribution in [0.3, 0.4) is 0 Å². The van der Waals surface area contributed by atoms with Crippen LogP contribution in [-0.2, 0) is 5.41 Å². The molecular formula is C13H15ClS. The second-order valence-corrected chi connectivity index (χ2v) is 6.49. The van der Waals surface area contributed by atoms with Gasteiger partial charge in [-0.1, -0.05) is 32.4 Å². The van der Waals surface area contributed by atoms with Crippen LogP contribution in [0.4, 0.5) is 0 Å². The normalized spacial score (nSPS) is 12.3. The number of aryl methyl sites for hydroxylation is 1. The number of rotatable bonds is 0. The molecule has 0 atom stereocenters. The highest BCUT2D eigenvalue weighted by molar-refractivity contribution is 7.19. The van der Waals surface area contributed by atoms with E-state index < -0.39 is 0 Å². The fraction of sp³-hybridized carbons (Fsp3) is 0.385. The summed E-state index contributed by atoms with van der Waals surface area (Å²) in [5.74, 6) is 0. The summed E-state index contributed by atoms with van der Waals surface area (Å²) < 4.78 is 1.37. The minimum Gasteiger partial charge on any atom is -0.139 e. The summed E-state index contributed by atoms with van der Waals surface area (Å²) in [5, 5.41) is 2.10. The fourth-order valence-electron chi connectivity index (χ4n) is 1.65. The minimum absolute atomic E-state index is 0.225. The molecule has 0 bridgehead atoms. The first kappa shape index (κ1) is 11.0. The maximum atomic E-state index is 6.05. The second kappa shape index (κ2) is 3.50. The molecule has 0 aliphatic carbocycles. The van der Waals surface area contributed by atoms with Gasteiger partial charge in [-0.2, -0.15) is 0 Å². The Morgan fingerprint density at radius 2 is 1.80 bits per heavy atom. The predicted octanol–water partition coefficient (Wildman–Crippen LogP) is 5.16. The van der Waals surface area contributed by atoms with Crippen LogP contribution in [-0.4, -0.2) is 0 Å². The van der Waals surface area contributed by atoms with Crippen molar-refractivity contribution in [2.45, 2.75) is 33.1 Å². The SMILES string of the molecule is Cc1cc(Cl)cc2cc(C(C)(C)C)sc12. The summed E-state index contributed by atoms with van der Waals surface area (Å²) in [4.78, 5) is 1.42. The maximum Gasteiger partial charge on any atom is 0.0415 e. The van der Waals surface area contributed by atoms with E-state index in [-0.39, 0.29) is 5.41 Å². The Balaban J connectivity index is 2.71. The molecule has 0 aliphatic rings. The second-order valence-electron chi connectivity index (χ2n) is 5.00. The van der Waals surface area contributed by atoms with Crippen molar-refractivity contribution in [1.82, 2.24) is 0 Å². The molecule has 1 aromatic heterocycles. The molecule has 0 saturated heterocycles. The van der Waals surface area contributed by atoms with Crippen LogP contribution < -0.4 is 0 Å². The van der Waals surface area contributed by atoms with Crippen molar-refractivity contribution in [3.8, 4) is 0 Å². The van der Waals surface area contributed by atoms with Crippen molar-refractivity contribution in [2.24, 2.45) is 0 Å². The molecule has 0 radical (unpaired) electrons. The van der Waals surface area contributed by atoms with Gasteiger partial charge in [0.1, 0.15) is 0 Å². The topological polar surface area (TPSA) is 0 Å². The molecule has 1 heterocycles. The van der Waals surface area contributed by atoms with Crippen molar-refractivity contribution in [2.75, 3.05) is 0 Å². The molecule has 0 aliphatic heterocycles. The van der Waals surface area contributed by atoms with Crippen molar-refractivity contribution in [1.29, 1.82) is 0 Å². The van der Waals surface area contributed by atoms with Crippen LogP contribution in [0, 0.1) is 6.92 Å². The van der Waals surface area contributed by atoms with Gasteiger partial charge in [0, 0.05) is 14.6 Å². The Bertz CT molecular complexity index is 503. The van der Waals surface area contributed by atoms with E-state index in [4.69, 9.17) is 11.6 Å². The summed E-state index contributed by atoms with van der Waals surface area (Å²) in [6.45, 7) is 8.86. The molecule has 0 N–H and O–H groups in total. The van der Waals surface area contributed by atoms with Gasteiger partial charge in [-0.05, 0) is 41.5 Å². The van der Waals surface area contributed by atoms with E-state index in [2.05, 4.69) is 39.8 Å². The van der Waals surface area contributed by atoms with Crippen molar-refractivity contribution >= 4 is 33.0 Å². The third kappa shape index (κ3) is 2.04. The van der Waals surface area contributed by atoms with Crippen LogP contribution in [0.2, 0.25) is 5.02 Å². The van der Waals surface area contributed by atoms with Crippen molar-refractivity contribution in [3.63, 3.8) is 0 Å². The highest BCUT2D eigenvalue weighted by Gasteiger charge is 2.17. The standard InChI is InChI=1S/C13H15ClS/c1-8-5-10(14)6-9-7-11(13(2,3)4)15-12(8)9/h5-7H,1-4H3. The molecular weight excluding hydrogens is 224 g/mol. The van der Waals surface area contributed by atoms with Gasteiger partial charge in [0.25, 0.3) is 0 Å². The number of benzene rings is 1. The largest absolute Gasteiger partial charge is 0.139 e. The lowest BCUT2D eigenvalue weighted by molar-refractivity contribution is 0.604. The molecule has 0 spiro atoms. The highest BCUT2D eigenvalue weighted by Crippen LogP contribution is 2.37. The molecule has 0 saturated carbocycles. The number of fused-ring (bicyclic) bond motifs is 1. The van der Waals surface area contributed by atoms with Gasteiger partial charge in [-0.25, -0.2) is 0 Å². The number of thiophene rings is 1. The lowest BCUT2D eigenvalue weighted by Crippen LogP contribution is -2.07. The zero-order valence-corrected chi connectivity index (χ0v) is 11.1. The van der Waals surface area contributed by atoms with Crippen LogP contribution in [0.5, 0.6) is 0 Å². The van der Waals surface area contributed by atoms with Gasteiger partial charge in [0.05, 0.1) is 0 Å². The van der Waals surface area contributed by atoms with Gasteiger partial charge in [-0.3, -0.25) is 0 Å². The third-order valence-electron chi connectivity index (χ3n) is 2.51. The van der Waals surface area contributed by atoms with Crippen molar-refractivity contribution < 1.29 is 0 Å². The Labute approximate surface area is 99.9 Å². The number of halogens is 1. The van der Waals surface area contributed by atoms with E-state index in [0.717, 1.165) is 5.02 Å².